The predicted octanol–water partition coefficient (Wildman–Crippen LogP) is 1.91. The number of carbonyl (C=O) groups is 1. The number of amides is 1. The van der Waals surface area contributed by atoms with Gasteiger partial charge in [0, 0.05) is 18.0 Å². The molecule has 2 aromatic rings. The average Bonchev–Trinajstić information content (AvgIpc) is 2.69. The number of nitrogens with zero attached hydrogens (tertiary/aromatic N) is 1. The fourth-order valence-corrected chi connectivity index (χ4v) is 2.05. The van der Waals surface area contributed by atoms with Crippen LogP contribution in [-0.2, 0) is 0 Å². The molecule has 3 heteroatoms. The Labute approximate surface area is 93.1 Å². The van der Waals surface area contributed by atoms with Gasteiger partial charge < -0.3 is 5.32 Å². The minimum absolute atomic E-state index is 0.00977. The highest BCUT2D eigenvalue weighted by atomic mass is 16.2. The van der Waals surface area contributed by atoms with Crippen molar-refractivity contribution >= 4 is 5.91 Å². The maximum Gasteiger partial charge on any atom is 0.252 e. The Morgan fingerprint density at radius 2 is 2.00 bits per heavy atom. The Balaban J connectivity index is 2.11. The van der Waals surface area contributed by atoms with Gasteiger partial charge in [-0.05, 0) is 23.3 Å². The Morgan fingerprint density at radius 3 is 2.81 bits per heavy atom. The Morgan fingerprint density at radius 1 is 1.12 bits per heavy atom. The van der Waals surface area contributed by atoms with E-state index in [1.54, 1.807) is 12.4 Å². The van der Waals surface area contributed by atoms with Crippen molar-refractivity contribution in [2.75, 3.05) is 0 Å². The third-order valence-electron chi connectivity index (χ3n) is 2.81. The van der Waals surface area contributed by atoms with Gasteiger partial charge in [-0.15, -0.1) is 0 Å². The van der Waals surface area contributed by atoms with Gasteiger partial charge in [-0.25, -0.2) is 0 Å². The van der Waals surface area contributed by atoms with Crippen molar-refractivity contribution in [3.8, 4) is 0 Å². The number of pyridine rings is 1. The molecule has 3 rings (SSSR count). The van der Waals surface area contributed by atoms with E-state index in [9.17, 15) is 4.79 Å². The van der Waals surface area contributed by atoms with Crippen molar-refractivity contribution in [2.24, 2.45) is 0 Å². The maximum atomic E-state index is 11.7. The highest BCUT2D eigenvalue weighted by Crippen LogP contribution is 2.29. The van der Waals surface area contributed by atoms with E-state index < -0.39 is 0 Å². The van der Waals surface area contributed by atoms with Gasteiger partial charge >= 0.3 is 0 Å². The van der Waals surface area contributed by atoms with Crippen molar-refractivity contribution in [3.63, 3.8) is 0 Å². The number of hydrogen-bond donors (Lipinski definition) is 1. The summed E-state index contributed by atoms with van der Waals surface area (Å²) in [6.07, 6.45) is 3.51. The monoisotopic (exact) mass is 210 g/mol. The van der Waals surface area contributed by atoms with E-state index in [1.165, 1.54) is 0 Å². The SMILES string of the molecule is O=C1NC(c2cccnc2)c2ccccc21. The molecule has 0 bridgehead atoms. The fraction of sp³-hybridized carbons (Fsp3) is 0.0769. The van der Waals surface area contributed by atoms with Gasteiger partial charge in [0.25, 0.3) is 5.91 Å². The smallest absolute Gasteiger partial charge is 0.252 e. The molecule has 1 amide bonds. The lowest BCUT2D eigenvalue weighted by Crippen LogP contribution is -2.19. The molecule has 1 N–H and O–H groups in total. The molecule has 0 saturated heterocycles. The molecule has 1 aromatic heterocycles. The lowest BCUT2D eigenvalue weighted by atomic mass is 10.00. The van der Waals surface area contributed by atoms with Crippen LogP contribution in [0.15, 0.2) is 48.8 Å². The third kappa shape index (κ3) is 1.29. The number of carbonyl (C=O) groups excluding carboxylic acids is 1. The zero-order chi connectivity index (χ0) is 11.0. The molecule has 0 radical (unpaired) electrons. The van der Waals surface area contributed by atoms with Crippen LogP contribution >= 0.6 is 0 Å². The summed E-state index contributed by atoms with van der Waals surface area (Å²) >= 11 is 0. The second-order valence-corrected chi connectivity index (χ2v) is 3.78. The molecule has 0 fully saturated rings. The van der Waals surface area contributed by atoms with Crippen LogP contribution in [0.2, 0.25) is 0 Å². The quantitative estimate of drug-likeness (QED) is 0.781. The molecular formula is C13H10N2O. The normalized spacial score (nSPS) is 18.0. The molecule has 78 valence electrons. The van der Waals surface area contributed by atoms with Crippen molar-refractivity contribution < 1.29 is 4.79 Å². The van der Waals surface area contributed by atoms with E-state index in [-0.39, 0.29) is 11.9 Å². The Hall–Kier alpha value is -2.16. The van der Waals surface area contributed by atoms with Crippen molar-refractivity contribution in [1.82, 2.24) is 10.3 Å². The first-order chi connectivity index (χ1) is 7.86. The molecule has 3 nitrogen and oxygen atoms in total. The maximum absolute atomic E-state index is 11.7. The van der Waals surface area contributed by atoms with E-state index in [2.05, 4.69) is 10.3 Å². The zero-order valence-electron chi connectivity index (χ0n) is 8.55. The van der Waals surface area contributed by atoms with E-state index >= 15 is 0 Å². The van der Waals surface area contributed by atoms with E-state index in [0.29, 0.717) is 0 Å². The molecule has 0 spiro atoms. The molecular weight excluding hydrogens is 200 g/mol. The minimum atomic E-state index is -0.0580. The molecule has 0 saturated carbocycles. The minimum Gasteiger partial charge on any atom is -0.341 e. The Bertz CT molecular complexity index is 537. The molecule has 2 heterocycles. The second kappa shape index (κ2) is 3.45. The van der Waals surface area contributed by atoms with Gasteiger partial charge in [-0.1, -0.05) is 24.3 Å². The van der Waals surface area contributed by atoms with E-state index in [4.69, 9.17) is 0 Å². The van der Waals surface area contributed by atoms with Gasteiger partial charge in [-0.2, -0.15) is 0 Å². The van der Waals surface area contributed by atoms with E-state index in [1.807, 2.05) is 36.4 Å². The lowest BCUT2D eigenvalue weighted by molar-refractivity contribution is 0.0960. The van der Waals surface area contributed by atoms with Gasteiger partial charge in [0.1, 0.15) is 0 Å². The molecule has 1 aliphatic heterocycles. The molecule has 1 aliphatic rings. The van der Waals surface area contributed by atoms with Gasteiger partial charge in [0.2, 0.25) is 0 Å². The van der Waals surface area contributed by atoms with Crippen LogP contribution in [0.1, 0.15) is 27.5 Å². The number of hydrogen-bond acceptors (Lipinski definition) is 2. The first-order valence-electron chi connectivity index (χ1n) is 5.16. The number of fused-ring (bicyclic) bond motifs is 1. The van der Waals surface area contributed by atoms with Crippen molar-refractivity contribution in [1.29, 1.82) is 0 Å². The summed E-state index contributed by atoms with van der Waals surface area (Å²) in [5.41, 5.74) is 2.80. The van der Waals surface area contributed by atoms with Crippen LogP contribution in [0.25, 0.3) is 0 Å². The zero-order valence-corrected chi connectivity index (χ0v) is 8.55. The number of benzene rings is 1. The molecule has 0 aliphatic carbocycles. The van der Waals surface area contributed by atoms with Crippen LogP contribution < -0.4 is 5.32 Å². The van der Waals surface area contributed by atoms with Gasteiger partial charge in [0.15, 0.2) is 0 Å². The van der Waals surface area contributed by atoms with Crippen LogP contribution in [0, 0.1) is 0 Å². The largest absolute Gasteiger partial charge is 0.341 e. The summed E-state index contributed by atoms with van der Waals surface area (Å²) in [5.74, 6) is -0.00977. The molecule has 1 atom stereocenters. The molecule has 16 heavy (non-hydrogen) atoms. The summed E-state index contributed by atoms with van der Waals surface area (Å²) < 4.78 is 0. The fourth-order valence-electron chi connectivity index (χ4n) is 2.05. The molecule has 1 aromatic carbocycles. The van der Waals surface area contributed by atoms with Gasteiger partial charge in [0.05, 0.1) is 6.04 Å². The number of nitrogens with one attached hydrogen (secondary N) is 1. The first kappa shape index (κ1) is 9.09. The standard InChI is InChI=1S/C13H10N2O/c16-13-11-6-2-1-5-10(11)12(15-13)9-4-3-7-14-8-9/h1-8,12H,(H,15,16). The highest BCUT2D eigenvalue weighted by Gasteiger charge is 2.28. The van der Waals surface area contributed by atoms with Gasteiger partial charge in [-0.3, -0.25) is 9.78 Å². The molecule has 1 unspecified atom stereocenters. The van der Waals surface area contributed by atoms with Crippen molar-refractivity contribution in [3.05, 3.63) is 65.5 Å². The summed E-state index contributed by atoms with van der Waals surface area (Å²) in [4.78, 5) is 15.8. The van der Waals surface area contributed by atoms with E-state index in [0.717, 1.165) is 16.7 Å². The van der Waals surface area contributed by atoms with Crippen LogP contribution in [0.4, 0.5) is 0 Å². The summed E-state index contributed by atoms with van der Waals surface area (Å²) in [5, 5.41) is 2.96. The summed E-state index contributed by atoms with van der Waals surface area (Å²) in [7, 11) is 0. The first-order valence-corrected chi connectivity index (χ1v) is 5.16. The van der Waals surface area contributed by atoms with Crippen molar-refractivity contribution in [2.45, 2.75) is 6.04 Å². The highest BCUT2D eigenvalue weighted by molar-refractivity contribution is 5.99. The Kier molecular flexibility index (Phi) is 1.96. The van der Waals surface area contributed by atoms with Crippen LogP contribution in [0.5, 0.6) is 0 Å². The number of rotatable bonds is 1. The summed E-state index contributed by atoms with van der Waals surface area (Å²) in [6, 6.07) is 11.4. The lowest BCUT2D eigenvalue weighted by Gasteiger charge is -2.10. The predicted molar refractivity (Wildman–Crippen MR) is 60.0 cm³/mol. The number of aromatic nitrogens is 1. The summed E-state index contributed by atoms with van der Waals surface area (Å²) in [6.45, 7) is 0. The topological polar surface area (TPSA) is 42.0 Å². The van der Waals surface area contributed by atoms with Crippen LogP contribution in [0.3, 0.4) is 0 Å². The third-order valence-corrected chi connectivity index (χ3v) is 2.81. The second-order valence-electron chi connectivity index (χ2n) is 3.78. The average molecular weight is 210 g/mol. The van der Waals surface area contributed by atoms with Crippen LogP contribution in [-0.4, -0.2) is 10.9 Å².